The molecule has 0 aliphatic heterocycles. The van der Waals surface area contributed by atoms with Gasteiger partial charge in [-0.05, 0) is 48.4 Å². The fourth-order valence-electron chi connectivity index (χ4n) is 3.87. The van der Waals surface area contributed by atoms with Crippen LogP contribution in [0.2, 0.25) is 5.02 Å². The van der Waals surface area contributed by atoms with Gasteiger partial charge in [0.2, 0.25) is 0 Å². The van der Waals surface area contributed by atoms with Gasteiger partial charge in [0.1, 0.15) is 11.5 Å². The van der Waals surface area contributed by atoms with Crippen LogP contribution in [0.15, 0.2) is 72.8 Å². The molecule has 31 heavy (non-hydrogen) atoms. The van der Waals surface area contributed by atoms with Crippen molar-refractivity contribution in [2.75, 3.05) is 6.54 Å². The zero-order valence-corrected chi connectivity index (χ0v) is 17.6. The minimum atomic E-state index is -0.985. The fraction of sp³-hybridized carbons (Fsp3) is 0.160. The average Bonchev–Trinajstić information content (AvgIpc) is 3.07. The summed E-state index contributed by atoms with van der Waals surface area (Å²) in [6.07, 6.45) is 0.746. The quantitative estimate of drug-likeness (QED) is 0.358. The van der Waals surface area contributed by atoms with E-state index in [4.69, 9.17) is 11.6 Å². The lowest BCUT2D eigenvalue weighted by atomic mass is 10.1. The lowest BCUT2D eigenvalue weighted by Crippen LogP contribution is -2.19. The minimum absolute atomic E-state index is 0.246. The van der Waals surface area contributed by atoms with Gasteiger partial charge in [0, 0.05) is 34.6 Å². The highest BCUT2D eigenvalue weighted by atomic mass is 35.5. The van der Waals surface area contributed by atoms with Gasteiger partial charge in [-0.2, -0.15) is 0 Å². The third-order valence-corrected chi connectivity index (χ3v) is 5.73. The van der Waals surface area contributed by atoms with Gasteiger partial charge < -0.3 is 15.0 Å². The minimum Gasteiger partial charge on any atom is -0.477 e. The van der Waals surface area contributed by atoms with Crippen LogP contribution in [-0.4, -0.2) is 22.2 Å². The van der Waals surface area contributed by atoms with Crippen LogP contribution >= 0.6 is 11.6 Å². The van der Waals surface area contributed by atoms with Crippen LogP contribution in [0.3, 0.4) is 0 Å². The van der Waals surface area contributed by atoms with Crippen LogP contribution in [0.4, 0.5) is 4.39 Å². The zero-order valence-electron chi connectivity index (χ0n) is 16.8. The Morgan fingerprint density at radius 3 is 2.45 bits per heavy atom. The molecule has 1 heterocycles. The molecule has 0 aliphatic carbocycles. The molecule has 0 saturated carbocycles. The molecular weight excluding hydrogens is 415 g/mol. The number of carbonyl (C=O) groups is 1. The second-order valence-electron chi connectivity index (χ2n) is 7.38. The standard InChI is InChI=1S/C25H22ClFN2O2/c26-22-7-3-1-5-18(22)13-14-28-15-21-20-6-2-4-8-23(20)29(24(21)25(30)31)16-17-9-11-19(27)12-10-17/h1-12,28H,13-16H2,(H,30,31). The Balaban J connectivity index is 1.61. The van der Waals surface area contributed by atoms with Gasteiger partial charge in [-0.3, -0.25) is 0 Å². The van der Waals surface area contributed by atoms with E-state index in [-0.39, 0.29) is 11.5 Å². The molecule has 2 N–H and O–H groups in total. The van der Waals surface area contributed by atoms with Crippen molar-refractivity contribution in [1.29, 1.82) is 0 Å². The van der Waals surface area contributed by atoms with Gasteiger partial charge >= 0.3 is 5.97 Å². The van der Waals surface area contributed by atoms with Gasteiger partial charge in [-0.1, -0.05) is 60.1 Å². The molecule has 4 rings (SSSR count). The van der Waals surface area contributed by atoms with Crippen molar-refractivity contribution in [3.63, 3.8) is 0 Å². The highest BCUT2D eigenvalue weighted by Crippen LogP contribution is 2.28. The van der Waals surface area contributed by atoms with Gasteiger partial charge in [-0.25, -0.2) is 9.18 Å². The van der Waals surface area contributed by atoms with Crippen molar-refractivity contribution in [3.05, 3.63) is 106 Å². The molecular formula is C25H22ClFN2O2. The third-order valence-electron chi connectivity index (χ3n) is 5.36. The van der Waals surface area contributed by atoms with Crippen molar-refractivity contribution in [2.45, 2.75) is 19.5 Å². The topological polar surface area (TPSA) is 54.3 Å². The summed E-state index contributed by atoms with van der Waals surface area (Å²) in [4.78, 5) is 12.2. The first-order valence-electron chi connectivity index (χ1n) is 10.1. The Labute approximate surface area is 184 Å². The number of hydrogen-bond donors (Lipinski definition) is 2. The Morgan fingerprint density at radius 2 is 1.71 bits per heavy atom. The number of para-hydroxylation sites is 1. The first-order valence-corrected chi connectivity index (χ1v) is 10.4. The van der Waals surface area contributed by atoms with Crippen LogP contribution in [0.5, 0.6) is 0 Å². The van der Waals surface area contributed by atoms with Gasteiger partial charge in [0.25, 0.3) is 0 Å². The summed E-state index contributed by atoms with van der Waals surface area (Å²) in [5, 5.41) is 15.0. The fourth-order valence-corrected chi connectivity index (χ4v) is 4.10. The number of carboxylic acid groups (broad SMARTS) is 1. The lowest BCUT2D eigenvalue weighted by Gasteiger charge is -2.10. The molecule has 6 heteroatoms. The Kier molecular flexibility index (Phi) is 6.35. The number of aromatic nitrogens is 1. The van der Waals surface area contributed by atoms with E-state index in [1.165, 1.54) is 12.1 Å². The number of halogens is 2. The highest BCUT2D eigenvalue weighted by Gasteiger charge is 2.22. The number of rotatable bonds is 8. The Bertz CT molecular complexity index is 1220. The summed E-state index contributed by atoms with van der Waals surface area (Å²) in [6, 6.07) is 21.5. The average molecular weight is 437 g/mol. The molecule has 4 nitrogen and oxygen atoms in total. The Morgan fingerprint density at radius 1 is 1.00 bits per heavy atom. The van der Waals surface area contributed by atoms with Crippen molar-refractivity contribution >= 4 is 28.5 Å². The van der Waals surface area contributed by atoms with Crippen LogP contribution in [0, 0.1) is 5.82 Å². The number of aromatic carboxylic acids is 1. The first kappa shape index (κ1) is 21.1. The van der Waals surface area contributed by atoms with Crippen LogP contribution < -0.4 is 5.32 Å². The number of hydrogen-bond acceptors (Lipinski definition) is 2. The van der Waals surface area contributed by atoms with E-state index in [1.54, 1.807) is 16.7 Å². The van der Waals surface area contributed by atoms with E-state index < -0.39 is 5.97 Å². The number of fused-ring (bicyclic) bond motifs is 1. The summed E-state index contributed by atoms with van der Waals surface area (Å²) in [5.41, 5.74) is 3.71. The number of benzene rings is 3. The molecule has 0 radical (unpaired) electrons. The number of nitrogens with zero attached hydrogens (tertiary/aromatic N) is 1. The maximum atomic E-state index is 13.3. The molecule has 3 aromatic carbocycles. The van der Waals surface area contributed by atoms with E-state index in [2.05, 4.69) is 5.32 Å². The van der Waals surface area contributed by atoms with Crippen molar-refractivity contribution in [1.82, 2.24) is 9.88 Å². The van der Waals surface area contributed by atoms with Gasteiger partial charge in [0.15, 0.2) is 0 Å². The largest absolute Gasteiger partial charge is 0.477 e. The SMILES string of the molecule is O=C(O)c1c(CNCCc2ccccc2Cl)c2ccccc2n1Cc1ccc(F)cc1. The molecule has 0 amide bonds. The molecule has 0 aliphatic rings. The summed E-state index contributed by atoms with van der Waals surface area (Å²) in [7, 11) is 0. The predicted molar refractivity (Wildman–Crippen MR) is 121 cm³/mol. The van der Waals surface area contributed by atoms with Crippen molar-refractivity contribution in [2.24, 2.45) is 0 Å². The Hall–Kier alpha value is -3.15. The molecule has 0 bridgehead atoms. The first-order chi connectivity index (χ1) is 15.0. The van der Waals surface area contributed by atoms with E-state index in [9.17, 15) is 14.3 Å². The van der Waals surface area contributed by atoms with E-state index >= 15 is 0 Å². The molecule has 1 aromatic heterocycles. The second-order valence-corrected chi connectivity index (χ2v) is 7.79. The van der Waals surface area contributed by atoms with Crippen molar-refractivity contribution in [3.8, 4) is 0 Å². The van der Waals surface area contributed by atoms with Crippen LogP contribution in [0.1, 0.15) is 27.2 Å². The normalized spacial score (nSPS) is 11.2. The maximum Gasteiger partial charge on any atom is 0.352 e. The van der Waals surface area contributed by atoms with Crippen LogP contribution in [-0.2, 0) is 19.5 Å². The molecule has 0 fully saturated rings. The molecule has 0 saturated heterocycles. The molecule has 0 spiro atoms. The second kappa shape index (κ2) is 9.33. The van der Waals surface area contributed by atoms with Crippen LogP contribution in [0.25, 0.3) is 10.9 Å². The summed E-state index contributed by atoms with van der Waals surface area (Å²) < 4.78 is 15.1. The van der Waals surface area contributed by atoms with Crippen molar-refractivity contribution < 1.29 is 14.3 Å². The predicted octanol–water partition coefficient (Wildman–Crippen LogP) is 5.51. The molecule has 0 unspecified atom stereocenters. The zero-order chi connectivity index (χ0) is 21.8. The third kappa shape index (κ3) is 4.63. The van der Waals surface area contributed by atoms with Gasteiger partial charge in [-0.15, -0.1) is 0 Å². The molecule has 0 atom stereocenters. The summed E-state index contributed by atoms with van der Waals surface area (Å²) in [5.74, 6) is -1.30. The van der Waals surface area contributed by atoms with E-state index in [0.29, 0.717) is 19.6 Å². The lowest BCUT2D eigenvalue weighted by molar-refractivity contribution is 0.0684. The number of nitrogens with one attached hydrogen (secondary N) is 1. The summed E-state index contributed by atoms with van der Waals surface area (Å²) >= 11 is 6.22. The monoisotopic (exact) mass is 436 g/mol. The molecule has 158 valence electrons. The van der Waals surface area contributed by atoms with E-state index in [1.807, 2.05) is 48.5 Å². The maximum absolute atomic E-state index is 13.3. The van der Waals surface area contributed by atoms with Gasteiger partial charge in [0.05, 0.1) is 0 Å². The molecule has 4 aromatic rings. The number of carboxylic acids is 1. The smallest absolute Gasteiger partial charge is 0.352 e. The summed E-state index contributed by atoms with van der Waals surface area (Å²) in [6.45, 7) is 1.44. The highest BCUT2D eigenvalue weighted by molar-refractivity contribution is 6.31. The van der Waals surface area contributed by atoms with E-state index in [0.717, 1.165) is 39.0 Å².